The van der Waals surface area contributed by atoms with E-state index in [1.807, 2.05) is 0 Å². The number of carbonyl (C=O) groups is 4. The highest BCUT2D eigenvalue weighted by Gasteiger charge is 2.29. The second kappa shape index (κ2) is 9.65. The van der Waals surface area contributed by atoms with Gasteiger partial charge >= 0.3 is 11.9 Å². The number of hydrogen-bond donors (Lipinski definition) is 2. The molecule has 9 heteroatoms. The third-order valence-electron chi connectivity index (χ3n) is 3.85. The first-order valence-corrected chi connectivity index (χ1v) is 8.77. The average molecular weight is 403 g/mol. The number of anilines is 1. The predicted molar refractivity (Wildman–Crippen MR) is 100 cm³/mol. The standard InChI is InChI=1S/C20H21NO8/c1-4-27-19(25)16-15(11(2)22)12(3)29-18(16)21-14(23)10-28-20(26)17(24)13-8-6-5-7-9-13/h5-9,17,24H,4,10H2,1-3H3,(H,21,23)/t17-/m0/s1. The average Bonchev–Trinajstić information content (AvgIpc) is 3.02. The van der Waals surface area contributed by atoms with Crippen molar-refractivity contribution in [2.75, 3.05) is 18.5 Å². The van der Waals surface area contributed by atoms with Crippen molar-refractivity contribution >= 4 is 29.5 Å². The number of esters is 2. The maximum absolute atomic E-state index is 12.2. The Morgan fingerprint density at radius 3 is 2.34 bits per heavy atom. The monoisotopic (exact) mass is 403 g/mol. The second-order valence-corrected chi connectivity index (χ2v) is 5.98. The zero-order valence-electron chi connectivity index (χ0n) is 16.2. The van der Waals surface area contributed by atoms with Crippen LogP contribution in [0.1, 0.15) is 52.0 Å². The van der Waals surface area contributed by atoms with Gasteiger partial charge in [0.25, 0.3) is 5.91 Å². The molecule has 1 aromatic carbocycles. The number of benzene rings is 1. The Hall–Kier alpha value is -3.46. The van der Waals surface area contributed by atoms with Gasteiger partial charge in [0.1, 0.15) is 11.3 Å². The molecule has 0 aliphatic rings. The number of aliphatic hydroxyl groups is 1. The number of amides is 1. The molecule has 0 saturated heterocycles. The Morgan fingerprint density at radius 1 is 1.10 bits per heavy atom. The Balaban J connectivity index is 2.09. The van der Waals surface area contributed by atoms with E-state index in [9.17, 15) is 24.3 Å². The lowest BCUT2D eigenvalue weighted by molar-refractivity contribution is -0.156. The van der Waals surface area contributed by atoms with E-state index < -0.39 is 36.3 Å². The Labute approximate surface area is 166 Å². The number of rotatable bonds is 8. The number of ether oxygens (including phenoxy) is 2. The largest absolute Gasteiger partial charge is 0.462 e. The molecule has 1 aromatic heterocycles. The van der Waals surface area contributed by atoms with Crippen molar-refractivity contribution in [3.8, 4) is 0 Å². The first-order valence-electron chi connectivity index (χ1n) is 8.77. The molecule has 2 rings (SSSR count). The van der Waals surface area contributed by atoms with Crippen LogP contribution >= 0.6 is 0 Å². The fourth-order valence-electron chi connectivity index (χ4n) is 2.60. The summed E-state index contributed by atoms with van der Waals surface area (Å²) in [6, 6.07) is 8.07. The van der Waals surface area contributed by atoms with Crippen LogP contribution in [-0.4, -0.2) is 41.9 Å². The van der Waals surface area contributed by atoms with Crippen LogP contribution in [-0.2, 0) is 19.1 Å². The molecule has 2 aromatic rings. The first-order chi connectivity index (χ1) is 13.8. The van der Waals surface area contributed by atoms with Crippen molar-refractivity contribution in [1.82, 2.24) is 0 Å². The van der Waals surface area contributed by atoms with E-state index in [0.29, 0.717) is 5.56 Å². The molecular weight excluding hydrogens is 382 g/mol. The van der Waals surface area contributed by atoms with Crippen molar-refractivity contribution in [1.29, 1.82) is 0 Å². The van der Waals surface area contributed by atoms with Gasteiger partial charge in [0, 0.05) is 0 Å². The Morgan fingerprint density at radius 2 is 1.76 bits per heavy atom. The lowest BCUT2D eigenvalue weighted by Gasteiger charge is -2.11. The van der Waals surface area contributed by atoms with Crippen molar-refractivity contribution in [3.05, 3.63) is 52.8 Å². The van der Waals surface area contributed by atoms with E-state index in [2.05, 4.69) is 5.32 Å². The van der Waals surface area contributed by atoms with E-state index in [1.165, 1.54) is 26.0 Å². The van der Waals surface area contributed by atoms with Gasteiger partial charge in [-0.15, -0.1) is 0 Å². The molecule has 0 radical (unpaired) electrons. The summed E-state index contributed by atoms with van der Waals surface area (Å²) in [5, 5.41) is 12.2. The maximum atomic E-state index is 12.2. The molecule has 0 spiro atoms. The van der Waals surface area contributed by atoms with Crippen LogP contribution in [0.3, 0.4) is 0 Å². The molecular formula is C20H21NO8. The number of Topliss-reactive ketones (excluding diaryl/α,β-unsaturated/α-hetero) is 1. The van der Waals surface area contributed by atoms with Crippen molar-refractivity contribution in [3.63, 3.8) is 0 Å². The number of hydrogen-bond acceptors (Lipinski definition) is 8. The van der Waals surface area contributed by atoms with E-state index in [0.717, 1.165) is 0 Å². The highest BCUT2D eigenvalue weighted by molar-refractivity contribution is 6.10. The van der Waals surface area contributed by atoms with Crippen molar-refractivity contribution in [2.24, 2.45) is 0 Å². The minimum absolute atomic E-state index is 0.00440. The lowest BCUT2D eigenvalue weighted by Crippen LogP contribution is -2.24. The molecule has 0 saturated carbocycles. The molecule has 154 valence electrons. The van der Waals surface area contributed by atoms with Gasteiger partial charge in [0.2, 0.25) is 5.88 Å². The molecule has 1 heterocycles. The Kier molecular flexibility index (Phi) is 7.27. The minimum Gasteiger partial charge on any atom is -0.462 e. The van der Waals surface area contributed by atoms with E-state index in [-0.39, 0.29) is 29.4 Å². The smallest absolute Gasteiger partial charge is 0.344 e. The van der Waals surface area contributed by atoms with Gasteiger partial charge in [-0.3, -0.25) is 14.9 Å². The van der Waals surface area contributed by atoms with Gasteiger partial charge in [0.05, 0.1) is 12.2 Å². The molecule has 0 aliphatic heterocycles. The van der Waals surface area contributed by atoms with Crippen LogP contribution in [0.4, 0.5) is 5.88 Å². The number of nitrogens with one attached hydrogen (secondary N) is 1. The summed E-state index contributed by atoms with van der Waals surface area (Å²) < 4.78 is 15.0. The lowest BCUT2D eigenvalue weighted by atomic mass is 10.1. The quantitative estimate of drug-likeness (QED) is 0.506. The SMILES string of the molecule is CCOC(=O)c1c(NC(=O)COC(=O)[C@@H](O)c2ccccc2)oc(C)c1C(C)=O. The minimum atomic E-state index is -1.55. The molecule has 1 atom stereocenters. The van der Waals surface area contributed by atoms with Crippen LogP contribution in [0.2, 0.25) is 0 Å². The van der Waals surface area contributed by atoms with Crippen LogP contribution in [0.25, 0.3) is 0 Å². The topological polar surface area (TPSA) is 132 Å². The summed E-state index contributed by atoms with van der Waals surface area (Å²) in [5.74, 6) is -3.26. The van der Waals surface area contributed by atoms with Gasteiger partial charge in [-0.2, -0.15) is 0 Å². The van der Waals surface area contributed by atoms with Crippen LogP contribution in [0.15, 0.2) is 34.7 Å². The zero-order valence-corrected chi connectivity index (χ0v) is 16.2. The maximum Gasteiger partial charge on any atom is 0.344 e. The van der Waals surface area contributed by atoms with E-state index in [1.54, 1.807) is 25.1 Å². The molecule has 9 nitrogen and oxygen atoms in total. The van der Waals surface area contributed by atoms with Crippen molar-refractivity contribution < 1.29 is 38.2 Å². The fourth-order valence-corrected chi connectivity index (χ4v) is 2.60. The summed E-state index contributed by atoms with van der Waals surface area (Å²) in [6.07, 6.45) is -1.55. The molecule has 29 heavy (non-hydrogen) atoms. The third-order valence-corrected chi connectivity index (χ3v) is 3.85. The van der Waals surface area contributed by atoms with Crippen LogP contribution in [0.5, 0.6) is 0 Å². The van der Waals surface area contributed by atoms with Gasteiger partial charge in [-0.05, 0) is 26.3 Å². The number of furan rings is 1. The molecule has 0 fully saturated rings. The summed E-state index contributed by atoms with van der Waals surface area (Å²) in [5.41, 5.74) is 0.103. The van der Waals surface area contributed by atoms with E-state index >= 15 is 0 Å². The molecule has 1 amide bonds. The highest BCUT2D eigenvalue weighted by atomic mass is 16.6. The fraction of sp³-hybridized carbons (Fsp3) is 0.300. The highest BCUT2D eigenvalue weighted by Crippen LogP contribution is 2.28. The number of ketones is 1. The normalized spacial score (nSPS) is 11.4. The van der Waals surface area contributed by atoms with Gasteiger partial charge < -0.3 is 19.0 Å². The predicted octanol–water partition coefficient (Wildman–Crippen LogP) is 2.18. The summed E-state index contributed by atoms with van der Waals surface area (Å²) in [6.45, 7) is 3.63. The first kappa shape index (κ1) is 21.8. The Bertz CT molecular complexity index is 916. The summed E-state index contributed by atoms with van der Waals surface area (Å²) in [4.78, 5) is 48.1. The number of aryl methyl sites for hydroxylation is 1. The third kappa shape index (κ3) is 5.29. The van der Waals surface area contributed by atoms with Crippen molar-refractivity contribution in [2.45, 2.75) is 26.9 Å². The van der Waals surface area contributed by atoms with Gasteiger partial charge in [-0.25, -0.2) is 9.59 Å². The second-order valence-electron chi connectivity index (χ2n) is 5.98. The van der Waals surface area contributed by atoms with Gasteiger partial charge in [-0.1, -0.05) is 30.3 Å². The van der Waals surface area contributed by atoms with Gasteiger partial charge in [0.15, 0.2) is 18.5 Å². The number of aliphatic hydroxyl groups excluding tert-OH is 1. The summed E-state index contributed by atoms with van der Waals surface area (Å²) >= 11 is 0. The van der Waals surface area contributed by atoms with Crippen LogP contribution in [0, 0.1) is 6.92 Å². The summed E-state index contributed by atoms with van der Waals surface area (Å²) in [7, 11) is 0. The zero-order chi connectivity index (χ0) is 21.6. The van der Waals surface area contributed by atoms with Crippen LogP contribution < -0.4 is 5.32 Å². The molecule has 0 unspecified atom stereocenters. The number of carbonyl (C=O) groups excluding carboxylic acids is 4. The molecule has 2 N–H and O–H groups in total. The molecule has 0 aliphatic carbocycles. The molecule has 0 bridgehead atoms. The van der Waals surface area contributed by atoms with E-state index in [4.69, 9.17) is 13.9 Å².